The highest BCUT2D eigenvalue weighted by molar-refractivity contribution is 6.32. The maximum absolute atomic E-state index is 9.04. The van der Waals surface area contributed by atoms with Gasteiger partial charge in [-0.15, -0.1) is 0 Å². The number of halogens is 1. The smallest absolute Gasteiger partial charge is 0.137 e. The van der Waals surface area contributed by atoms with Gasteiger partial charge in [0.25, 0.3) is 0 Å². The molecule has 0 aromatic heterocycles. The number of methoxy groups -OCH3 is 1. The fourth-order valence-electron chi connectivity index (χ4n) is 1.65. The van der Waals surface area contributed by atoms with Crippen LogP contribution in [0.3, 0.4) is 0 Å². The van der Waals surface area contributed by atoms with Gasteiger partial charge in [-0.3, -0.25) is 0 Å². The number of benzene rings is 1. The molecule has 1 unspecified atom stereocenters. The normalized spacial score (nSPS) is 12.1. The zero-order chi connectivity index (χ0) is 13.7. The Balaban J connectivity index is 2.80. The molecule has 0 heterocycles. The summed E-state index contributed by atoms with van der Waals surface area (Å²) in [4.78, 5) is 0. The van der Waals surface area contributed by atoms with Crippen LogP contribution in [0.1, 0.15) is 19.4 Å². The van der Waals surface area contributed by atoms with Gasteiger partial charge in [0.1, 0.15) is 5.75 Å². The van der Waals surface area contributed by atoms with E-state index in [4.69, 9.17) is 21.6 Å². The molecule has 0 amide bonds. The van der Waals surface area contributed by atoms with E-state index in [1.165, 1.54) is 0 Å². The average Bonchev–Trinajstić information content (AvgIpc) is 2.33. The second-order valence-corrected chi connectivity index (χ2v) is 5.07. The SMILES string of the molecule is COc1cc(C)c(NCC(C#N)C(C)C)cc1Cl. The van der Waals surface area contributed by atoms with E-state index in [-0.39, 0.29) is 5.92 Å². The maximum atomic E-state index is 9.04. The number of nitriles is 1. The lowest BCUT2D eigenvalue weighted by molar-refractivity contribution is 0.415. The zero-order valence-electron chi connectivity index (χ0n) is 11.2. The molecular formula is C14H19ClN2O. The first-order chi connectivity index (χ1) is 8.49. The molecule has 18 heavy (non-hydrogen) atoms. The molecule has 1 aromatic rings. The van der Waals surface area contributed by atoms with Crippen LogP contribution >= 0.6 is 11.6 Å². The summed E-state index contributed by atoms with van der Waals surface area (Å²) >= 11 is 6.08. The van der Waals surface area contributed by atoms with Crippen molar-refractivity contribution in [2.24, 2.45) is 11.8 Å². The molecule has 0 fully saturated rings. The minimum Gasteiger partial charge on any atom is -0.495 e. The first kappa shape index (κ1) is 14.7. The van der Waals surface area contributed by atoms with Crippen LogP contribution in [0.2, 0.25) is 5.02 Å². The number of anilines is 1. The molecule has 3 nitrogen and oxygen atoms in total. The van der Waals surface area contributed by atoms with Crippen molar-refractivity contribution in [1.29, 1.82) is 5.26 Å². The van der Waals surface area contributed by atoms with Crippen molar-refractivity contribution in [2.45, 2.75) is 20.8 Å². The van der Waals surface area contributed by atoms with E-state index in [9.17, 15) is 0 Å². The summed E-state index contributed by atoms with van der Waals surface area (Å²) in [5.74, 6) is 0.988. The summed E-state index contributed by atoms with van der Waals surface area (Å²) in [5, 5.41) is 12.9. The number of ether oxygens (including phenoxy) is 1. The van der Waals surface area contributed by atoms with Gasteiger partial charge in [-0.1, -0.05) is 25.4 Å². The van der Waals surface area contributed by atoms with Crippen molar-refractivity contribution >= 4 is 17.3 Å². The lowest BCUT2D eigenvalue weighted by Crippen LogP contribution is -2.18. The lowest BCUT2D eigenvalue weighted by Gasteiger charge is -2.17. The summed E-state index contributed by atoms with van der Waals surface area (Å²) < 4.78 is 5.15. The van der Waals surface area contributed by atoms with Crippen LogP contribution < -0.4 is 10.1 Å². The highest BCUT2D eigenvalue weighted by Gasteiger charge is 2.13. The minimum absolute atomic E-state index is 0.00900. The monoisotopic (exact) mass is 266 g/mol. The maximum Gasteiger partial charge on any atom is 0.137 e. The fraction of sp³-hybridized carbons (Fsp3) is 0.500. The predicted molar refractivity (Wildman–Crippen MR) is 75.2 cm³/mol. The van der Waals surface area contributed by atoms with Crippen molar-refractivity contribution in [3.63, 3.8) is 0 Å². The zero-order valence-corrected chi connectivity index (χ0v) is 12.0. The van der Waals surface area contributed by atoms with E-state index in [1.54, 1.807) is 7.11 Å². The minimum atomic E-state index is -0.00900. The Kier molecular flexibility index (Phi) is 5.30. The fourth-order valence-corrected chi connectivity index (χ4v) is 1.89. The number of rotatable bonds is 5. The first-order valence-electron chi connectivity index (χ1n) is 5.97. The van der Waals surface area contributed by atoms with Crippen LogP contribution in [0.5, 0.6) is 5.75 Å². The average molecular weight is 267 g/mol. The van der Waals surface area contributed by atoms with E-state index in [0.29, 0.717) is 23.2 Å². The van der Waals surface area contributed by atoms with Crippen LogP contribution in [-0.4, -0.2) is 13.7 Å². The Bertz CT molecular complexity index is 452. The van der Waals surface area contributed by atoms with Gasteiger partial charge in [0.05, 0.1) is 24.1 Å². The second kappa shape index (κ2) is 6.51. The Hall–Kier alpha value is -1.40. The van der Waals surface area contributed by atoms with Crippen LogP contribution in [0.15, 0.2) is 12.1 Å². The highest BCUT2D eigenvalue weighted by Crippen LogP contribution is 2.30. The van der Waals surface area contributed by atoms with Crippen LogP contribution in [0.4, 0.5) is 5.69 Å². The number of nitrogens with zero attached hydrogens (tertiary/aromatic N) is 1. The molecule has 1 N–H and O–H groups in total. The second-order valence-electron chi connectivity index (χ2n) is 4.66. The van der Waals surface area contributed by atoms with E-state index in [2.05, 4.69) is 11.4 Å². The van der Waals surface area contributed by atoms with Gasteiger partial charge in [-0.25, -0.2) is 0 Å². The predicted octanol–water partition coefficient (Wildman–Crippen LogP) is 3.86. The van der Waals surface area contributed by atoms with Gasteiger partial charge < -0.3 is 10.1 Å². The van der Waals surface area contributed by atoms with Crippen molar-refractivity contribution in [3.05, 3.63) is 22.7 Å². The van der Waals surface area contributed by atoms with Gasteiger partial charge >= 0.3 is 0 Å². The van der Waals surface area contributed by atoms with Gasteiger partial charge in [-0.2, -0.15) is 5.26 Å². The van der Waals surface area contributed by atoms with Gasteiger partial charge in [0.15, 0.2) is 0 Å². The third kappa shape index (κ3) is 3.54. The quantitative estimate of drug-likeness (QED) is 0.880. The van der Waals surface area contributed by atoms with Crippen molar-refractivity contribution in [1.82, 2.24) is 0 Å². The van der Waals surface area contributed by atoms with Crippen molar-refractivity contribution in [2.75, 3.05) is 19.0 Å². The largest absolute Gasteiger partial charge is 0.495 e. The molecule has 98 valence electrons. The summed E-state index contributed by atoms with van der Waals surface area (Å²) in [6.07, 6.45) is 0. The molecule has 0 saturated heterocycles. The van der Waals surface area contributed by atoms with Gasteiger partial charge in [0.2, 0.25) is 0 Å². The Labute approximate surface area is 114 Å². The third-order valence-electron chi connectivity index (χ3n) is 2.98. The lowest BCUT2D eigenvalue weighted by atomic mass is 9.97. The number of nitrogens with one attached hydrogen (secondary N) is 1. The molecule has 1 aromatic carbocycles. The van der Waals surface area contributed by atoms with E-state index in [1.807, 2.05) is 32.9 Å². The first-order valence-corrected chi connectivity index (χ1v) is 6.35. The van der Waals surface area contributed by atoms with E-state index in [0.717, 1.165) is 11.3 Å². The molecule has 0 bridgehead atoms. The topological polar surface area (TPSA) is 45.0 Å². The van der Waals surface area contributed by atoms with Gasteiger partial charge in [0, 0.05) is 12.2 Å². The van der Waals surface area contributed by atoms with Crippen LogP contribution in [-0.2, 0) is 0 Å². The Morgan fingerprint density at radius 3 is 2.61 bits per heavy atom. The molecule has 0 aliphatic carbocycles. The number of aryl methyl sites for hydroxylation is 1. The standard InChI is InChI=1S/C14H19ClN2O/c1-9(2)11(7-16)8-17-13-6-12(15)14(18-4)5-10(13)3/h5-6,9,11,17H,8H2,1-4H3. The van der Waals surface area contributed by atoms with Crippen LogP contribution in [0, 0.1) is 30.1 Å². The van der Waals surface area contributed by atoms with E-state index < -0.39 is 0 Å². The summed E-state index contributed by atoms with van der Waals surface area (Å²) in [6, 6.07) is 6.04. The molecule has 0 radical (unpaired) electrons. The summed E-state index contributed by atoms with van der Waals surface area (Å²) in [6.45, 7) is 6.70. The molecule has 0 aliphatic heterocycles. The third-order valence-corrected chi connectivity index (χ3v) is 3.28. The molecule has 4 heteroatoms. The molecule has 1 atom stereocenters. The molecule has 1 rings (SSSR count). The highest BCUT2D eigenvalue weighted by atomic mass is 35.5. The molecule has 0 saturated carbocycles. The van der Waals surface area contributed by atoms with Gasteiger partial charge in [-0.05, 0) is 30.5 Å². The molecular weight excluding hydrogens is 248 g/mol. The van der Waals surface area contributed by atoms with E-state index >= 15 is 0 Å². The Morgan fingerprint density at radius 2 is 2.11 bits per heavy atom. The van der Waals surface area contributed by atoms with Crippen molar-refractivity contribution < 1.29 is 4.74 Å². The van der Waals surface area contributed by atoms with Crippen LogP contribution in [0.25, 0.3) is 0 Å². The van der Waals surface area contributed by atoms with Crippen molar-refractivity contribution in [3.8, 4) is 11.8 Å². The number of hydrogen-bond donors (Lipinski definition) is 1. The summed E-state index contributed by atoms with van der Waals surface area (Å²) in [5.41, 5.74) is 2.00. The number of hydrogen-bond acceptors (Lipinski definition) is 3. The molecule has 0 spiro atoms. The summed E-state index contributed by atoms with van der Waals surface area (Å²) in [7, 11) is 1.60. The molecule has 0 aliphatic rings. The Morgan fingerprint density at radius 1 is 1.44 bits per heavy atom.